The second-order valence-electron chi connectivity index (χ2n) is 4.46. The molecule has 1 heterocycles. The highest BCUT2D eigenvalue weighted by Gasteiger charge is 2.20. The standard InChI is InChI=1S/C13H20N2O/c1-11-3-2-6-15-13(11)9-14-7-8-16-10-12-4-5-12/h2-3,6,12,14H,4-5,7-10H2,1H3. The quantitative estimate of drug-likeness (QED) is 0.713. The smallest absolute Gasteiger partial charge is 0.0591 e. The van der Waals surface area contributed by atoms with Crippen LogP contribution in [0.25, 0.3) is 0 Å². The number of hydrogen-bond donors (Lipinski definition) is 1. The second kappa shape index (κ2) is 5.97. The van der Waals surface area contributed by atoms with Gasteiger partial charge in [-0.3, -0.25) is 4.98 Å². The molecule has 1 aromatic rings. The van der Waals surface area contributed by atoms with Crippen molar-refractivity contribution >= 4 is 0 Å². The van der Waals surface area contributed by atoms with E-state index < -0.39 is 0 Å². The van der Waals surface area contributed by atoms with Gasteiger partial charge in [-0.2, -0.15) is 0 Å². The summed E-state index contributed by atoms with van der Waals surface area (Å²) < 4.78 is 5.54. The zero-order valence-corrected chi connectivity index (χ0v) is 9.91. The molecule has 0 aromatic carbocycles. The first-order chi connectivity index (χ1) is 7.86. The van der Waals surface area contributed by atoms with Gasteiger partial charge in [0.2, 0.25) is 0 Å². The van der Waals surface area contributed by atoms with Crippen LogP contribution in [-0.4, -0.2) is 24.7 Å². The molecule has 1 aliphatic rings. The van der Waals surface area contributed by atoms with Gasteiger partial charge < -0.3 is 10.1 Å². The van der Waals surface area contributed by atoms with E-state index in [-0.39, 0.29) is 0 Å². The van der Waals surface area contributed by atoms with Gasteiger partial charge in [0.05, 0.1) is 12.3 Å². The lowest BCUT2D eigenvalue weighted by atomic mass is 10.2. The van der Waals surface area contributed by atoms with Crippen LogP contribution < -0.4 is 5.32 Å². The van der Waals surface area contributed by atoms with E-state index in [0.29, 0.717) is 0 Å². The van der Waals surface area contributed by atoms with Crippen LogP contribution >= 0.6 is 0 Å². The average molecular weight is 220 g/mol. The first kappa shape index (κ1) is 11.6. The van der Waals surface area contributed by atoms with Crippen LogP contribution in [-0.2, 0) is 11.3 Å². The summed E-state index contributed by atoms with van der Waals surface area (Å²) in [6.07, 6.45) is 4.56. The maximum atomic E-state index is 5.54. The van der Waals surface area contributed by atoms with Crippen molar-refractivity contribution in [2.24, 2.45) is 5.92 Å². The lowest BCUT2D eigenvalue weighted by Crippen LogP contribution is -2.20. The highest BCUT2D eigenvalue weighted by molar-refractivity contribution is 5.17. The number of nitrogens with zero attached hydrogens (tertiary/aromatic N) is 1. The maximum Gasteiger partial charge on any atom is 0.0591 e. The average Bonchev–Trinajstić information content (AvgIpc) is 3.09. The second-order valence-corrected chi connectivity index (χ2v) is 4.46. The van der Waals surface area contributed by atoms with E-state index in [0.717, 1.165) is 37.9 Å². The summed E-state index contributed by atoms with van der Waals surface area (Å²) in [7, 11) is 0. The zero-order chi connectivity index (χ0) is 11.2. The lowest BCUT2D eigenvalue weighted by Gasteiger charge is -2.07. The van der Waals surface area contributed by atoms with E-state index >= 15 is 0 Å². The summed E-state index contributed by atoms with van der Waals surface area (Å²) in [5.74, 6) is 0.859. The highest BCUT2D eigenvalue weighted by Crippen LogP contribution is 2.28. The van der Waals surface area contributed by atoms with Crippen molar-refractivity contribution in [1.82, 2.24) is 10.3 Å². The number of pyridine rings is 1. The van der Waals surface area contributed by atoms with Crippen molar-refractivity contribution in [2.75, 3.05) is 19.8 Å². The Labute approximate surface area is 97.2 Å². The molecule has 0 radical (unpaired) electrons. The fourth-order valence-corrected chi connectivity index (χ4v) is 1.59. The summed E-state index contributed by atoms with van der Waals surface area (Å²) in [6, 6.07) is 4.06. The molecule has 16 heavy (non-hydrogen) atoms. The lowest BCUT2D eigenvalue weighted by molar-refractivity contribution is 0.126. The topological polar surface area (TPSA) is 34.2 Å². The van der Waals surface area contributed by atoms with Gasteiger partial charge in [-0.1, -0.05) is 6.07 Å². The molecular weight excluding hydrogens is 200 g/mol. The van der Waals surface area contributed by atoms with E-state index in [1.54, 1.807) is 0 Å². The Bertz CT molecular complexity index is 323. The molecule has 88 valence electrons. The fourth-order valence-electron chi connectivity index (χ4n) is 1.59. The van der Waals surface area contributed by atoms with Crippen molar-refractivity contribution in [3.8, 4) is 0 Å². The molecule has 3 nitrogen and oxygen atoms in total. The predicted octanol–water partition coefficient (Wildman–Crippen LogP) is 1.91. The molecule has 0 aliphatic heterocycles. The summed E-state index contributed by atoms with van der Waals surface area (Å²) >= 11 is 0. The molecule has 0 atom stereocenters. The molecule has 0 amide bonds. The van der Waals surface area contributed by atoms with E-state index in [1.165, 1.54) is 18.4 Å². The van der Waals surface area contributed by atoms with Crippen molar-refractivity contribution in [1.29, 1.82) is 0 Å². The Balaban J connectivity index is 1.55. The first-order valence-corrected chi connectivity index (χ1v) is 6.05. The normalized spacial score (nSPS) is 15.3. The minimum atomic E-state index is 0.808. The summed E-state index contributed by atoms with van der Waals surface area (Å²) in [5, 5.41) is 3.35. The first-order valence-electron chi connectivity index (χ1n) is 6.05. The third-order valence-electron chi connectivity index (χ3n) is 2.88. The molecule has 0 unspecified atom stereocenters. The Morgan fingerprint density at radius 2 is 2.38 bits per heavy atom. The third kappa shape index (κ3) is 3.91. The van der Waals surface area contributed by atoms with Gasteiger partial charge in [-0.05, 0) is 37.3 Å². The zero-order valence-electron chi connectivity index (χ0n) is 9.91. The molecule has 1 N–H and O–H groups in total. The van der Waals surface area contributed by atoms with Gasteiger partial charge in [0, 0.05) is 25.9 Å². The van der Waals surface area contributed by atoms with Gasteiger partial charge in [-0.15, -0.1) is 0 Å². The monoisotopic (exact) mass is 220 g/mol. The molecule has 1 aliphatic carbocycles. The molecule has 2 rings (SSSR count). The summed E-state index contributed by atoms with van der Waals surface area (Å²) in [6.45, 7) is 5.59. The van der Waals surface area contributed by atoms with Crippen LogP contribution in [0, 0.1) is 12.8 Å². The third-order valence-corrected chi connectivity index (χ3v) is 2.88. The molecule has 0 spiro atoms. The summed E-state index contributed by atoms with van der Waals surface area (Å²) in [5.41, 5.74) is 2.37. The van der Waals surface area contributed by atoms with Crippen LogP contribution in [0.2, 0.25) is 0 Å². The highest BCUT2D eigenvalue weighted by atomic mass is 16.5. The fraction of sp³-hybridized carbons (Fsp3) is 0.615. The van der Waals surface area contributed by atoms with Crippen molar-refractivity contribution < 1.29 is 4.74 Å². The Hall–Kier alpha value is -0.930. The van der Waals surface area contributed by atoms with Gasteiger partial charge in [0.1, 0.15) is 0 Å². The van der Waals surface area contributed by atoms with E-state index in [9.17, 15) is 0 Å². The number of nitrogens with one attached hydrogen (secondary N) is 1. The van der Waals surface area contributed by atoms with Gasteiger partial charge in [-0.25, -0.2) is 0 Å². The molecule has 1 saturated carbocycles. The maximum absolute atomic E-state index is 5.54. The minimum Gasteiger partial charge on any atom is -0.380 e. The van der Waals surface area contributed by atoms with Gasteiger partial charge in [0.25, 0.3) is 0 Å². The molecule has 0 saturated heterocycles. The van der Waals surface area contributed by atoms with Crippen LogP contribution in [0.5, 0.6) is 0 Å². The molecule has 0 bridgehead atoms. The van der Waals surface area contributed by atoms with E-state index in [4.69, 9.17) is 4.74 Å². The minimum absolute atomic E-state index is 0.808. The van der Waals surface area contributed by atoms with Gasteiger partial charge in [0.15, 0.2) is 0 Å². The Morgan fingerprint density at radius 3 is 3.12 bits per heavy atom. The van der Waals surface area contributed by atoms with Crippen molar-refractivity contribution in [3.63, 3.8) is 0 Å². The van der Waals surface area contributed by atoms with Gasteiger partial charge >= 0.3 is 0 Å². The molecule has 3 heteroatoms. The largest absolute Gasteiger partial charge is 0.380 e. The number of hydrogen-bond acceptors (Lipinski definition) is 3. The Morgan fingerprint density at radius 1 is 1.50 bits per heavy atom. The van der Waals surface area contributed by atoms with E-state index in [1.807, 2.05) is 12.3 Å². The van der Waals surface area contributed by atoms with Crippen LogP contribution in [0.4, 0.5) is 0 Å². The number of ether oxygens (including phenoxy) is 1. The molecule has 1 aromatic heterocycles. The Kier molecular flexibility index (Phi) is 4.31. The van der Waals surface area contributed by atoms with Crippen molar-refractivity contribution in [3.05, 3.63) is 29.6 Å². The number of rotatable bonds is 7. The van der Waals surface area contributed by atoms with E-state index in [2.05, 4.69) is 23.3 Å². The predicted molar refractivity (Wildman–Crippen MR) is 64.2 cm³/mol. The van der Waals surface area contributed by atoms with Crippen LogP contribution in [0.15, 0.2) is 18.3 Å². The molecule has 1 fully saturated rings. The van der Waals surface area contributed by atoms with Crippen LogP contribution in [0.3, 0.4) is 0 Å². The van der Waals surface area contributed by atoms with Crippen LogP contribution in [0.1, 0.15) is 24.1 Å². The molecular formula is C13H20N2O. The van der Waals surface area contributed by atoms with Crippen molar-refractivity contribution in [2.45, 2.75) is 26.3 Å². The summed E-state index contributed by atoms with van der Waals surface area (Å²) in [4.78, 5) is 4.33. The number of aryl methyl sites for hydroxylation is 1. The SMILES string of the molecule is Cc1cccnc1CNCCOCC1CC1. The number of aromatic nitrogens is 1.